The Kier molecular flexibility index (Phi) is 5.53. The minimum Gasteiger partial charge on any atom is -0.456 e. The van der Waals surface area contributed by atoms with Crippen LogP contribution in [0.1, 0.15) is 25.7 Å². The topological polar surface area (TPSA) is 92.8 Å². The summed E-state index contributed by atoms with van der Waals surface area (Å²) in [7, 11) is 0. The zero-order chi connectivity index (χ0) is 20.7. The SMILES string of the molecule is O=C(COC(=O)CCN1C(=O)[C@@H]2[C@H]3CC[C@@H](C3)[C@H]2C1=O)Nc1ccc(Cl)c(Cl)c1. The van der Waals surface area contributed by atoms with Crippen molar-refractivity contribution < 1.29 is 23.9 Å². The molecule has 29 heavy (non-hydrogen) atoms. The molecule has 154 valence electrons. The number of ether oxygens (including phenoxy) is 1. The zero-order valence-corrected chi connectivity index (χ0v) is 17.0. The van der Waals surface area contributed by atoms with E-state index in [2.05, 4.69) is 5.32 Å². The van der Waals surface area contributed by atoms with Crippen LogP contribution in [-0.2, 0) is 23.9 Å². The summed E-state index contributed by atoms with van der Waals surface area (Å²) < 4.78 is 4.95. The predicted molar refractivity (Wildman–Crippen MR) is 105 cm³/mol. The third kappa shape index (κ3) is 3.85. The van der Waals surface area contributed by atoms with E-state index in [9.17, 15) is 19.2 Å². The Bertz CT molecular complexity index is 862. The lowest BCUT2D eigenvalue weighted by molar-refractivity contribution is -0.149. The molecule has 1 aromatic carbocycles. The average Bonchev–Trinajstić information content (AvgIpc) is 3.36. The number of rotatable bonds is 6. The smallest absolute Gasteiger partial charge is 0.308 e. The Balaban J connectivity index is 1.23. The second-order valence-corrected chi connectivity index (χ2v) is 8.62. The van der Waals surface area contributed by atoms with Gasteiger partial charge < -0.3 is 10.1 Å². The number of carbonyl (C=O) groups is 4. The molecule has 1 saturated heterocycles. The first-order chi connectivity index (χ1) is 13.8. The van der Waals surface area contributed by atoms with Gasteiger partial charge in [0.1, 0.15) is 0 Å². The van der Waals surface area contributed by atoms with Gasteiger partial charge in [0.2, 0.25) is 11.8 Å². The summed E-state index contributed by atoms with van der Waals surface area (Å²) in [6.45, 7) is -0.478. The van der Waals surface area contributed by atoms with Gasteiger partial charge in [-0.3, -0.25) is 24.1 Å². The van der Waals surface area contributed by atoms with Gasteiger partial charge in [-0.2, -0.15) is 0 Å². The van der Waals surface area contributed by atoms with Crippen LogP contribution < -0.4 is 5.32 Å². The molecular formula is C20H20Cl2N2O5. The molecule has 0 unspecified atom stereocenters. The molecule has 0 aromatic heterocycles. The number of benzene rings is 1. The fourth-order valence-corrected chi connectivity index (χ4v) is 5.18. The number of nitrogens with zero attached hydrogens (tertiary/aromatic N) is 1. The molecular weight excluding hydrogens is 419 g/mol. The Morgan fingerprint density at radius 2 is 1.72 bits per heavy atom. The number of likely N-dealkylation sites (tertiary alicyclic amines) is 1. The number of hydrogen-bond acceptors (Lipinski definition) is 5. The number of nitrogens with one attached hydrogen (secondary N) is 1. The largest absolute Gasteiger partial charge is 0.456 e. The first-order valence-electron chi connectivity index (χ1n) is 9.61. The molecule has 9 heteroatoms. The van der Waals surface area contributed by atoms with Gasteiger partial charge in [-0.25, -0.2) is 0 Å². The highest BCUT2D eigenvalue weighted by molar-refractivity contribution is 6.42. The second-order valence-electron chi connectivity index (χ2n) is 7.80. The van der Waals surface area contributed by atoms with Crippen LogP contribution in [0.25, 0.3) is 0 Å². The highest BCUT2D eigenvalue weighted by atomic mass is 35.5. The predicted octanol–water partition coefficient (Wildman–Crippen LogP) is 2.90. The third-order valence-electron chi connectivity index (χ3n) is 6.13. The zero-order valence-electron chi connectivity index (χ0n) is 15.5. The van der Waals surface area contributed by atoms with E-state index in [1.54, 1.807) is 6.07 Å². The van der Waals surface area contributed by atoms with E-state index < -0.39 is 18.5 Å². The number of amides is 3. The molecule has 3 amide bonds. The van der Waals surface area contributed by atoms with Gasteiger partial charge in [-0.05, 0) is 49.3 Å². The molecule has 2 aliphatic carbocycles. The molecule has 0 radical (unpaired) electrons. The molecule has 1 aliphatic heterocycles. The van der Waals surface area contributed by atoms with Gasteiger partial charge in [0, 0.05) is 12.2 Å². The standard InChI is InChI=1S/C20H20Cl2N2O5/c21-13-4-3-12(8-14(13)22)23-15(25)9-29-16(26)5-6-24-19(27)17-10-1-2-11(7-10)18(17)20(24)28/h3-4,8,10-11,17-18H,1-2,5-7,9H2,(H,23,25)/t10-,11-,17+,18+/m0/s1. The average molecular weight is 439 g/mol. The Morgan fingerprint density at radius 1 is 1.07 bits per heavy atom. The highest BCUT2D eigenvalue weighted by Gasteiger charge is 2.60. The fraction of sp³-hybridized carbons (Fsp3) is 0.500. The maximum atomic E-state index is 12.6. The Labute approximate surface area is 177 Å². The van der Waals surface area contributed by atoms with Crippen LogP contribution in [0.4, 0.5) is 5.69 Å². The first kappa shape index (κ1) is 20.2. The molecule has 7 nitrogen and oxygen atoms in total. The summed E-state index contributed by atoms with van der Waals surface area (Å²) >= 11 is 11.7. The molecule has 3 aliphatic rings. The van der Waals surface area contributed by atoms with Crippen molar-refractivity contribution in [3.05, 3.63) is 28.2 Å². The molecule has 2 saturated carbocycles. The molecule has 1 aromatic rings. The van der Waals surface area contributed by atoms with E-state index in [0.29, 0.717) is 27.6 Å². The highest BCUT2D eigenvalue weighted by Crippen LogP contribution is 2.56. The molecule has 1 N–H and O–H groups in total. The van der Waals surface area contributed by atoms with Gasteiger partial charge in [0.25, 0.3) is 5.91 Å². The van der Waals surface area contributed by atoms with Crippen molar-refractivity contribution in [2.45, 2.75) is 25.7 Å². The van der Waals surface area contributed by atoms with Gasteiger partial charge in [0.15, 0.2) is 6.61 Å². The van der Waals surface area contributed by atoms with Crippen LogP contribution in [0.5, 0.6) is 0 Å². The fourth-order valence-electron chi connectivity index (χ4n) is 4.88. The van der Waals surface area contributed by atoms with Crippen molar-refractivity contribution in [1.29, 1.82) is 0 Å². The van der Waals surface area contributed by atoms with Crippen LogP contribution in [0.2, 0.25) is 10.0 Å². The van der Waals surface area contributed by atoms with E-state index >= 15 is 0 Å². The lowest BCUT2D eigenvalue weighted by Gasteiger charge is -2.19. The minimum atomic E-state index is -0.644. The van der Waals surface area contributed by atoms with E-state index in [-0.39, 0.29) is 36.6 Å². The first-order valence-corrected chi connectivity index (χ1v) is 10.4. The van der Waals surface area contributed by atoms with Crippen LogP contribution in [0.15, 0.2) is 18.2 Å². The number of halogens is 2. The minimum absolute atomic E-state index is 0.00263. The molecule has 3 fully saturated rings. The van der Waals surface area contributed by atoms with Crippen LogP contribution in [-0.4, -0.2) is 41.7 Å². The van der Waals surface area contributed by atoms with Crippen molar-refractivity contribution in [3.63, 3.8) is 0 Å². The van der Waals surface area contributed by atoms with Crippen LogP contribution in [0.3, 0.4) is 0 Å². The van der Waals surface area contributed by atoms with Gasteiger partial charge in [0.05, 0.1) is 28.3 Å². The van der Waals surface area contributed by atoms with Crippen molar-refractivity contribution in [2.24, 2.45) is 23.7 Å². The monoisotopic (exact) mass is 438 g/mol. The molecule has 4 atom stereocenters. The van der Waals surface area contributed by atoms with E-state index in [0.717, 1.165) is 19.3 Å². The van der Waals surface area contributed by atoms with Crippen molar-refractivity contribution in [1.82, 2.24) is 4.90 Å². The van der Waals surface area contributed by atoms with E-state index in [1.807, 2.05) is 0 Å². The molecule has 0 spiro atoms. The molecule has 4 rings (SSSR count). The van der Waals surface area contributed by atoms with Gasteiger partial charge >= 0.3 is 5.97 Å². The van der Waals surface area contributed by atoms with Crippen molar-refractivity contribution >= 4 is 52.6 Å². The number of anilines is 1. The number of carbonyl (C=O) groups excluding carboxylic acids is 4. The Morgan fingerprint density at radius 3 is 2.34 bits per heavy atom. The van der Waals surface area contributed by atoms with Gasteiger partial charge in [-0.15, -0.1) is 0 Å². The lowest BCUT2D eigenvalue weighted by Crippen LogP contribution is -2.35. The summed E-state index contributed by atoms with van der Waals surface area (Å²) in [5.74, 6) is -1.27. The van der Waals surface area contributed by atoms with Crippen LogP contribution in [0, 0.1) is 23.7 Å². The van der Waals surface area contributed by atoms with E-state index in [4.69, 9.17) is 27.9 Å². The van der Waals surface area contributed by atoms with Crippen molar-refractivity contribution in [2.75, 3.05) is 18.5 Å². The van der Waals surface area contributed by atoms with Crippen molar-refractivity contribution in [3.8, 4) is 0 Å². The number of hydrogen-bond donors (Lipinski definition) is 1. The normalized spacial score (nSPS) is 27.3. The summed E-state index contributed by atoms with van der Waals surface area (Å²) in [5, 5.41) is 3.19. The summed E-state index contributed by atoms with van der Waals surface area (Å²) in [5.41, 5.74) is 0.426. The summed E-state index contributed by atoms with van der Waals surface area (Å²) in [4.78, 5) is 50.3. The summed E-state index contributed by atoms with van der Waals surface area (Å²) in [6, 6.07) is 4.60. The summed E-state index contributed by atoms with van der Waals surface area (Å²) in [6.07, 6.45) is 2.85. The second kappa shape index (κ2) is 7.95. The van der Waals surface area contributed by atoms with Gasteiger partial charge in [-0.1, -0.05) is 23.2 Å². The quantitative estimate of drug-likeness (QED) is 0.544. The number of fused-ring (bicyclic) bond motifs is 5. The Hall–Kier alpha value is -2.12. The number of esters is 1. The maximum Gasteiger partial charge on any atom is 0.308 e. The number of imide groups is 1. The molecule has 1 heterocycles. The molecule has 2 bridgehead atoms. The lowest BCUT2D eigenvalue weighted by atomic mass is 9.81. The van der Waals surface area contributed by atoms with Crippen LogP contribution >= 0.6 is 23.2 Å². The third-order valence-corrected chi connectivity index (χ3v) is 6.86. The maximum absolute atomic E-state index is 12.6. The van der Waals surface area contributed by atoms with E-state index in [1.165, 1.54) is 17.0 Å².